The second kappa shape index (κ2) is 5.90. The number of rotatable bonds is 5. The molecule has 21 heavy (non-hydrogen) atoms. The van der Waals surface area contributed by atoms with Gasteiger partial charge < -0.3 is 9.88 Å². The van der Waals surface area contributed by atoms with E-state index < -0.39 is 0 Å². The largest absolute Gasteiger partial charge is 0.372 e. The molecule has 0 radical (unpaired) electrons. The summed E-state index contributed by atoms with van der Waals surface area (Å²) in [6.07, 6.45) is 0. The average Bonchev–Trinajstić information content (AvgIpc) is 2.78. The van der Waals surface area contributed by atoms with Crippen LogP contribution in [0.3, 0.4) is 0 Å². The highest BCUT2D eigenvalue weighted by Gasteiger charge is 2.15. The van der Waals surface area contributed by atoms with Crippen molar-refractivity contribution in [2.45, 2.75) is 33.2 Å². The molecule has 2 aromatic rings. The first-order valence-corrected chi connectivity index (χ1v) is 6.77. The Hall–Kier alpha value is -2.44. The zero-order chi connectivity index (χ0) is 15.6. The smallest absolute Gasteiger partial charge is 0.292 e. The van der Waals surface area contributed by atoms with Crippen molar-refractivity contribution in [2.75, 3.05) is 5.32 Å². The quantitative estimate of drug-likeness (QED) is 0.675. The van der Waals surface area contributed by atoms with Crippen molar-refractivity contribution >= 4 is 11.4 Å². The highest BCUT2D eigenvalue weighted by Crippen LogP contribution is 2.25. The third kappa shape index (κ3) is 3.18. The van der Waals surface area contributed by atoms with Crippen LogP contribution in [0.2, 0.25) is 0 Å². The van der Waals surface area contributed by atoms with Crippen LogP contribution in [0.25, 0.3) is 0 Å². The molecule has 1 aromatic heterocycles. The van der Waals surface area contributed by atoms with E-state index in [0.717, 1.165) is 17.2 Å². The monoisotopic (exact) mass is 289 g/mol. The minimum atomic E-state index is -0.383. The second-order valence-corrected chi connectivity index (χ2v) is 5.32. The third-order valence-corrected chi connectivity index (χ3v) is 3.30. The SMILES string of the molecule is Cc1ccc(NCc2nnc(C(C)C)n2C)c([N+](=O)[O-])c1. The Bertz CT molecular complexity index is 663. The molecule has 1 heterocycles. The van der Waals surface area contributed by atoms with Gasteiger partial charge in [0.1, 0.15) is 11.5 Å². The molecule has 7 nitrogen and oxygen atoms in total. The Morgan fingerprint density at radius 3 is 2.67 bits per heavy atom. The van der Waals surface area contributed by atoms with Gasteiger partial charge in [-0.3, -0.25) is 10.1 Å². The van der Waals surface area contributed by atoms with E-state index in [1.165, 1.54) is 0 Å². The van der Waals surface area contributed by atoms with Crippen LogP contribution in [0.5, 0.6) is 0 Å². The lowest BCUT2D eigenvalue weighted by atomic mass is 10.2. The molecule has 0 atom stereocenters. The Morgan fingerprint density at radius 2 is 2.10 bits per heavy atom. The number of nitrogens with one attached hydrogen (secondary N) is 1. The molecule has 0 amide bonds. The van der Waals surface area contributed by atoms with Gasteiger partial charge in [-0.15, -0.1) is 10.2 Å². The van der Waals surface area contributed by atoms with E-state index in [9.17, 15) is 10.1 Å². The van der Waals surface area contributed by atoms with Crippen LogP contribution in [-0.4, -0.2) is 19.7 Å². The molecule has 0 aliphatic carbocycles. The van der Waals surface area contributed by atoms with Gasteiger partial charge in [-0.2, -0.15) is 0 Å². The van der Waals surface area contributed by atoms with E-state index in [1.54, 1.807) is 12.1 Å². The van der Waals surface area contributed by atoms with Crippen LogP contribution in [0, 0.1) is 17.0 Å². The summed E-state index contributed by atoms with van der Waals surface area (Å²) < 4.78 is 1.91. The summed E-state index contributed by atoms with van der Waals surface area (Å²) in [6, 6.07) is 5.11. The molecule has 0 saturated heterocycles. The molecule has 0 unspecified atom stereocenters. The fourth-order valence-electron chi connectivity index (χ4n) is 2.15. The number of aromatic nitrogens is 3. The summed E-state index contributed by atoms with van der Waals surface area (Å²) in [5, 5.41) is 22.4. The van der Waals surface area contributed by atoms with Crippen LogP contribution in [0.4, 0.5) is 11.4 Å². The van der Waals surface area contributed by atoms with Crippen LogP contribution < -0.4 is 5.32 Å². The molecule has 0 aliphatic heterocycles. The Kier molecular flexibility index (Phi) is 4.21. The standard InChI is InChI=1S/C14H19N5O2/c1-9(2)14-17-16-13(18(14)4)8-15-11-6-5-10(3)7-12(11)19(20)21/h5-7,9,15H,8H2,1-4H3. The summed E-state index contributed by atoms with van der Waals surface area (Å²) in [7, 11) is 1.90. The number of nitrogens with zero attached hydrogens (tertiary/aromatic N) is 4. The number of hydrogen-bond acceptors (Lipinski definition) is 5. The molecule has 7 heteroatoms. The number of benzene rings is 1. The normalized spacial score (nSPS) is 10.9. The van der Waals surface area contributed by atoms with Crippen LogP contribution in [-0.2, 0) is 13.6 Å². The van der Waals surface area contributed by atoms with Crippen molar-refractivity contribution in [3.63, 3.8) is 0 Å². The minimum absolute atomic E-state index is 0.0706. The van der Waals surface area contributed by atoms with Gasteiger partial charge in [-0.1, -0.05) is 19.9 Å². The van der Waals surface area contributed by atoms with E-state index in [1.807, 2.05) is 38.5 Å². The number of nitro groups is 1. The summed E-state index contributed by atoms with van der Waals surface area (Å²) in [5.41, 5.74) is 1.41. The van der Waals surface area contributed by atoms with Gasteiger partial charge in [-0.05, 0) is 18.6 Å². The Labute approximate surface area is 123 Å². The topological polar surface area (TPSA) is 85.9 Å². The van der Waals surface area contributed by atoms with E-state index in [0.29, 0.717) is 12.2 Å². The molecular formula is C14H19N5O2. The van der Waals surface area contributed by atoms with Crippen molar-refractivity contribution in [3.05, 3.63) is 45.5 Å². The Morgan fingerprint density at radius 1 is 1.38 bits per heavy atom. The van der Waals surface area contributed by atoms with E-state index >= 15 is 0 Å². The number of nitro benzene ring substituents is 1. The van der Waals surface area contributed by atoms with Crippen molar-refractivity contribution < 1.29 is 4.92 Å². The van der Waals surface area contributed by atoms with Crippen molar-refractivity contribution in [1.29, 1.82) is 0 Å². The molecular weight excluding hydrogens is 270 g/mol. The van der Waals surface area contributed by atoms with Gasteiger partial charge in [0.25, 0.3) is 5.69 Å². The summed E-state index contributed by atoms with van der Waals surface area (Å²) in [4.78, 5) is 10.7. The van der Waals surface area contributed by atoms with Crippen LogP contribution in [0.1, 0.15) is 37.0 Å². The van der Waals surface area contributed by atoms with Gasteiger partial charge in [-0.25, -0.2) is 0 Å². The van der Waals surface area contributed by atoms with Gasteiger partial charge in [0.15, 0.2) is 5.82 Å². The predicted octanol–water partition coefficient (Wildman–Crippen LogP) is 2.77. The fraction of sp³-hybridized carbons (Fsp3) is 0.429. The predicted molar refractivity (Wildman–Crippen MR) is 80.3 cm³/mol. The van der Waals surface area contributed by atoms with Crippen LogP contribution in [0.15, 0.2) is 18.2 Å². The lowest BCUT2D eigenvalue weighted by molar-refractivity contribution is -0.384. The minimum Gasteiger partial charge on any atom is -0.372 e. The zero-order valence-corrected chi connectivity index (χ0v) is 12.6. The maximum absolute atomic E-state index is 11.1. The number of aryl methyl sites for hydroxylation is 1. The molecule has 0 aliphatic rings. The first-order chi connectivity index (χ1) is 9.90. The number of hydrogen-bond donors (Lipinski definition) is 1. The summed E-state index contributed by atoms with van der Waals surface area (Å²) >= 11 is 0. The number of anilines is 1. The molecule has 0 saturated carbocycles. The van der Waals surface area contributed by atoms with Crippen molar-refractivity contribution in [2.24, 2.45) is 7.05 Å². The second-order valence-electron chi connectivity index (χ2n) is 5.32. The zero-order valence-electron chi connectivity index (χ0n) is 12.6. The van der Waals surface area contributed by atoms with Gasteiger partial charge in [0, 0.05) is 19.0 Å². The van der Waals surface area contributed by atoms with Gasteiger partial charge >= 0.3 is 0 Å². The van der Waals surface area contributed by atoms with E-state index in [-0.39, 0.29) is 16.5 Å². The Balaban J connectivity index is 2.19. The molecule has 1 aromatic carbocycles. The molecule has 112 valence electrons. The molecule has 0 bridgehead atoms. The van der Waals surface area contributed by atoms with E-state index in [2.05, 4.69) is 15.5 Å². The molecule has 0 spiro atoms. The lowest BCUT2D eigenvalue weighted by Gasteiger charge is -2.09. The maximum Gasteiger partial charge on any atom is 0.292 e. The van der Waals surface area contributed by atoms with Gasteiger partial charge in [0.05, 0.1) is 11.5 Å². The van der Waals surface area contributed by atoms with Crippen LogP contribution >= 0.6 is 0 Å². The summed E-state index contributed by atoms with van der Waals surface area (Å²) in [5.74, 6) is 1.92. The van der Waals surface area contributed by atoms with Crippen molar-refractivity contribution in [3.8, 4) is 0 Å². The molecule has 0 fully saturated rings. The van der Waals surface area contributed by atoms with E-state index in [4.69, 9.17) is 0 Å². The first-order valence-electron chi connectivity index (χ1n) is 6.77. The highest BCUT2D eigenvalue weighted by atomic mass is 16.6. The highest BCUT2D eigenvalue weighted by molar-refractivity contribution is 5.62. The molecule has 2 rings (SSSR count). The third-order valence-electron chi connectivity index (χ3n) is 3.30. The van der Waals surface area contributed by atoms with Crippen molar-refractivity contribution in [1.82, 2.24) is 14.8 Å². The first kappa shape index (κ1) is 15.0. The van der Waals surface area contributed by atoms with Gasteiger partial charge in [0.2, 0.25) is 0 Å². The average molecular weight is 289 g/mol. The fourth-order valence-corrected chi connectivity index (χ4v) is 2.15. The lowest BCUT2D eigenvalue weighted by Crippen LogP contribution is -2.09. The maximum atomic E-state index is 11.1. The summed E-state index contributed by atoms with van der Waals surface area (Å²) in [6.45, 7) is 6.31. The molecule has 1 N–H and O–H groups in total.